The SMILES string of the molecule is Cc1cccc2cc(C(=O)CC3CC4CCC(C3)N4)oc12. The molecule has 2 fully saturated rings. The molecule has 4 rings (SSSR count). The Labute approximate surface area is 124 Å². The summed E-state index contributed by atoms with van der Waals surface area (Å²) in [6.45, 7) is 2.02. The Kier molecular flexibility index (Phi) is 3.11. The second-order valence-corrected chi connectivity index (χ2v) is 6.71. The van der Waals surface area contributed by atoms with E-state index in [1.54, 1.807) is 0 Å². The number of furan rings is 1. The average Bonchev–Trinajstić information content (AvgIpc) is 3.03. The lowest BCUT2D eigenvalue weighted by atomic mass is 9.88. The van der Waals surface area contributed by atoms with Gasteiger partial charge in [-0.2, -0.15) is 0 Å². The number of benzene rings is 1. The summed E-state index contributed by atoms with van der Waals surface area (Å²) in [6.07, 6.45) is 5.47. The predicted octanol–water partition coefficient (Wildman–Crippen LogP) is 3.84. The van der Waals surface area contributed by atoms with E-state index in [1.165, 1.54) is 12.8 Å². The minimum Gasteiger partial charge on any atom is -0.453 e. The number of nitrogens with one attached hydrogen (secondary N) is 1. The summed E-state index contributed by atoms with van der Waals surface area (Å²) >= 11 is 0. The van der Waals surface area contributed by atoms with Crippen LogP contribution in [0.25, 0.3) is 11.0 Å². The van der Waals surface area contributed by atoms with E-state index in [2.05, 4.69) is 5.32 Å². The molecule has 0 amide bonds. The van der Waals surface area contributed by atoms with Gasteiger partial charge in [0.2, 0.25) is 0 Å². The first-order valence-corrected chi connectivity index (χ1v) is 7.97. The summed E-state index contributed by atoms with van der Waals surface area (Å²) in [5.74, 6) is 1.22. The molecule has 2 atom stereocenters. The van der Waals surface area contributed by atoms with Gasteiger partial charge in [-0.25, -0.2) is 0 Å². The van der Waals surface area contributed by atoms with Crippen molar-refractivity contribution in [2.24, 2.45) is 5.92 Å². The summed E-state index contributed by atoms with van der Waals surface area (Å²) in [5.41, 5.74) is 1.94. The third kappa shape index (κ3) is 2.40. The largest absolute Gasteiger partial charge is 0.453 e. The van der Waals surface area contributed by atoms with Gasteiger partial charge in [0.05, 0.1) is 0 Å². The van der Waals surface area contributed by atoms with E-state index in [9.17, 15) is 4.79 Å². The Morgan fingerprint density at radius 3 is 2.76 bits per heavy atom. The van der Waals surface area contributed by atoms with Crippen LogP contribution in [0.5, 0.6) is 0 Å². The molecule has 3 heterocycles. The highest BCUT2D eigenvalue weighted by Crippen LogP contribution is 2.34. The van der Waals surface area contributed by atoms with Crippen molar-refractivity contribution in [3.63, 3.8) is 0 Å². The molecular weight excluding hydrogens is 262 g/mol. The number of para-hydroxylation sites is 1. The molecule has 0 spiro atoms. The van der Waals surface area contributed by atoms with E-state index in [-0.39, 0.29) is 5.78 Å². The number of fused-ring (bicyclic) bond motifs is 3. The smallest absolute Gasteiger partial charge is 0.198 e. The summed E-state index contributed by atoms with van der Waals surface area (Å²) < 4.78 is 5.81. The van der Waals surface area contributed by atoms with Crippen molar-refractivity contribution in [1.82, 2.24) is 5.32 Å². The summed E-state index contributed by atoms with van der Waals surface area (Å²) in [7, 11) is 0. The van der Waals surface area contributed by atoms with Gasteiger partial charge in [0, 0.05) is 23.9 Å². The number of ketones is 1. The zero-order chi connectivity index (χ0) is 14.4. The predicted molar refractivity (Wildman–Crippen MR) is 82.6 cm³/mol. The highest BCUT2D eigenvalue weighted by Gasteiger charge is 2.34. The maximum Gasteiger partial charge on any atom is 0.198 e. The van der Waals surface area contributed by atoms with Gasteiger partial charge in [0.25, 0.3) is 0 Å². The lowest BCUT2D eigenvalue weighted by Crippen LogP contribution is -2.38. The first kappa shape index (κ1) is 13.1. The fourth-order valence-electron chi connectivity index (χ4n) is 4.05. The molecule has 1 aromatic carbocycles. The van der Waals surface area contributed by atoms with E-state index in [4.69, 9.17) is 4.42 Å². The molecule has 2 bridgehead atoms. The molecule has 1 N–H and O–H groups in total. The molecule has 0 radical (unpaired) electrons. The number of carbonyl (C=O) groups excluding carboxylic acids is 1. The fourth-order valence-corrected chi connectivity index (χ4v) is 4.05. The summed E-state index contributed by atoms with van der Waals surface area (Å²) in [5, 5.41) is 4.66. The van der Waals surface area contributed by atoms with Gasteiger partial charge in [-0.3, -0.25) is 4.79 Å². The zero-order valence-electron chi connectivity index (χ0n) is 12.4. The van der Waals surface area contributed by atoms with Crippen LogP contribution in [0.2, 0.25) is 0 Å². The van der Waals surface area contributed by atoms with Gasteiger partial charge < -0.3 is 9.73 Å². The monoisotopic (exact) mass is 283 g/mol. The third-order valence-corrected chi connectivity index (χ3v) is 5.06. The molecule has 2 unspecified atom stereocenters. The van der Waals surface area contributed by atoms with Crippen LogP contribution < -0.4 is 5.32 Å². The van der Waals surface area contributed by atoms with E-state index in [0.29, 0.717) is 30.2 Å². The Morgan fingerprint density at radius 1 is 1.29 bits per heavy atom. The Bertz CT molecular complexity index is 676. The second-order valence-electron chi connectivity index (χ2n) is 6.71. The van der Waals surface area contributed by atoms with Gasteiger partial charge >= 0.3 is 0 Å². The van der Waals surface area contributed by atoms with Crippen LogP contribution in [0.3, 0.4) is 0 Å². The first-order valence-electron chi connectivity index (χ1n) is 7.97. The minimum atomic E-state index is 0.164. The quantitative estimate of drug-likeness (QED) is 0.870. The Hall–Kier alpha value is -1.61. The second kappa shape index (κ2) is 4.99. The van der Waals surface area contributed by atoms with Gasteiger partial charge in [0.15, 0.2) is 11.5 Å². The molecule has 2 aromatic rings. The van der Waals surface area contributed by atoms with E-state index in [1.807, 2.05) is 31.2 Å². The minimum absolute atomic E-state index is 0.164. The highest BCUT2D eigenvalue weighted by atomic mass is 16.3. The molecule has 0 aliphatic carbocycles. The van der Waals surface area contributed by atoms with Crippen LogP contribution in [0.15, 0.2) is 28.7 Å². The maximum absolute atomic E-state index is 12.5. The van der Waals surface area contributed by atoms with E-state index >= 15 is 0 Å². The average molecular weight is 283 g/mol. The topological polar surface area (TPSA) is 42.2 Å². The molecule has 2 saturated heterocycles. The van der Waals surface area contributed by atoms with Crippen molar-refractivity contribution < 1.29 is 9.21 Å². The number of piperidine rings is 1. The Morgan fingerprint density at radius 2 is 2.05 bits per heavy atom. The number of rotatable bonds is 3. The molecule has 110 valence electrons. The molecule has 21 heavy (non-hydrogen) atoms. The van der Waals surface area contributed by atoms with Gasteiger partial charge in [-0.15, -0.1) is 0 Å². The van der Waals surface area contributed by atoms with Crippen molar-refractivity contribution in [1.29, 1.82) is 0 Å². The van der Waals surface area contributed by atoms with Crippen molar-refractivity contribution in [2.45, 2.75) is 51.1 Å². The van der Waals surface area contributed by atoms with Crippen molar-refractivity contribution in [2.75, 3.05) is 0 Å². The number of Topliss-reactive ketones (excluding diaryl/α,β-unsaturated/α-hetero) is 1. The van der Waals surface area contributed by atoms with E-state index < -0.39 is 0 Å². The number of aryl methyl sites for hydroxylation is 1. The summed E-state index contributed by atoms with van der Waals surface area (Å²) in [6, 6.07) is 9.21. The number of carbonyl (C=O) groups is 1. The molecular formula is C18H21NO2. The molecule has 0 saturated carbocycles. The van der Waals surface area contributed by atoms with Crippen molar-refractivity contribution >= 4 is 16.8 Å². The van der Waals surface area contributed by atoms with Crippen LogP contribution in [0.4, 0.5) is 0 Å². The number of hydrogen-bond donors (Lipinski definition) is 1. The third-order valence-electron chi connectivity index (χ3n) is 5.06. The lowest BCUT2D eigenvalue weighted by Gasteiger charge is -2.28. The molecule has 3 nitrogen and oxygen atoms in total. The van der Waals surface area contributed by atoms with Gasteiger partial charge in [0.1, 0.15) is 5.58 Å². The normalized spacial score (nSPS) is 28.1. The zero-order valence-corrected chi connectivity index (χ0v) is 12.4. The van der Waals surface area contributed by atoms with Crippen LogP contribution in [0.1, 0.15) is 48.2 Å². The highest BCUT2D eigenvalue weighted by molar-refractivity contribution is 5.98. The maximum atomic E-state index is 12.5. The van der Waals surface area contributed by atoms with Gasteiger partial charge in [-0.05, 0) is 50.2 Å². The lowest BCUT2D eigenvalue weighted by molar-refractivity contribution is 0.0920. The van der Waals surface area contributed by atoms with Crippen LogP contribution in [-0.4, -0.2) is 17.9 Å². The van der Waals surface area contributed by atoms with Crippen molar-refractivity contribution in [3.05, 3.63) is 35.6 Å². The summed E-state index contributed by atoms with van der Waals surface area (Å²) in [4.78, 5) is 12.5. The van der Waals surface area contributed by atoms with E-state index in [0.717, 1.165) is 29.4 Å². The van der Waals surface area contributed by atoms with Crippen molar-refractivity contribution in [3.8, 4) is 0 Å². The van der Waals surface area contributed by atoms with Gasteiger partial charge in [-0.1, -0.05) is 18.2 Å². The first-order chi connectivity index (χ1) is 10.2. The standard InChI is InChI=1S/C18H21NO2/c1-11-3-2-4-13-10-17(21-18(11)13)16(20)9-12-7-14-5-6-15(8-12)19-14/h2-4,10,12,14-15,19H,5-9H2,1H3. The molecule has 2 aliphatic heterocycles. The molecule has 1 aromatic heterocycles. The fraction of sp³-hybridized carbons (Fsp3) is 0.500. The number of hydrogen-bond acceptors (Lipinski definition) is 3. The molecule has 2 aliphatic rings. The van der Waals surface area contributed by atoms with Crippen LogP contribution in [0, 0.1) is 12.8 Å². The van der Waals surface area contributed by atoms with Crippen LogP contribution >= 0.6 is 0 Å². The van der Waals surface area contributed by atoms with Crippen LogP contribution in [-0.2, 0) is 0 Å². The Balaban J connectivity index is 1.52. The molecule has 3 heteroatoms.